The summed E-state index contributed by atoms with van der Waals surface area (Å²) in [6, 6.07) is 14.5. The summed E-state index contributed by atoms with van der Waals surface area (Å²) in [5.74, 6) is 1.11. The lowest BCUT2D eigenvalue weighted by Gasteiger charge is -2.35. The van der Waals surface area contributed by atoms with Gasteiger partial charge in [-0.15, -0.1) is 0 Å². The Morgan fingerprint density at radius 3 is 2.45 bits per heavy atom. The zero-order chi connectivity index (χ0) is 21.2. The minimum absolute atomic E-state index is 0.210. The second kappa shape index (κ2) is 8.67. The number of para-hydroxylation sites is 2. The highest BCUT2D eigenvalue weighted by Gasteiger charge is 2.30. The van der Waals surface area contributed by atoms with Gasteiger partial charge in [0.15, 0.2) is 18.0 Å². The summed E-state index contributed by atoms with van der Waals surface area (Å²) in [4.78, 5) is 23.1. The first kappa shape index (κ1) is 20.0. The van der Waals surface area contributed by atoms with Crippen LogP contribution in [0.2, 0.25) is 0 Å². The first-order chi connectivity index (χ1) is 15.2. The normalized spacial score (nSPS) is 18.6. The number of carbonyl (C=O) groups is 1. The van der Waals surface area contributed by atoms with Crippen LogP contribution in [0, 0.1) is 5.82 Å². The third kappa shape index (κ3) is 4.42. The van der Waals surface area contributed by atoms with Gasteiger partial charge in [0.05, 0.1) is 26.2 Å². The molecular formula is C24H28FN4O2+. The number of fused-ring (bicyclic) bond motifs is 1. The third-order valence-electron chi connectivity index (χ3n) is 6.57. The predicted molar refractivity (Wildman–Crippen MR) is 117 cm³/mol. The molecule has 2 fully saturated rings. The van der Waals surface area contributed by atoms with Crippen molar-refractivity contribution in [2.75, 3.05) is 50.7 Å². The molecule has 6 nitrogen and oxygen atoms in total. The number of amides is 1. The average Bonchev–Trinajstić information content (AvgIpc) is 3.25. The van der Waals surface area contributed by atoms with Crippen LogP contribution >= 0.6 is 0 Å². The quantitative estimate of drug-likeness (QED) is 0.698. The Labute approximate surface area is 181 Å². The van der Waals surface area contributed by atoms with Crippen LogP contribution in [0.4, 0.5) is 10.1 Å². The van der Waals surface area contributed by atoms with E-state index in [1.807, 2.05) is 41.3 Å². The number of carbonyl (C=O) groups excluding carboxylic acids is 1. The van der Waals surface area contributed by atoms with Crippen molar-refractivity contribution >= 4 is 22.7 Å². The highest BCUT2D eigenvalue weighted by Crippen LogP contribution is 2.29. The van der Waals surface area contributed by atoms with Crippen LogP contribution in [-0.4, -0.2) is 61.6 Å². The standard InChI is InChI=1S/C24H27FN4O2/c25-19-5-7-20(8-6-19)28-15-13-27(14-16-28)17-23(30)29-11-9-18(10-12-29)24-26-21-3-1-2-4-22(21)31-24/h1-8,18H,9-17H2/p+1. The summed E-state index contributed by atoms with van der Waals surface area (Å²) in [6.45, 7) is 5.67. The molecule has 1 N–H and O–H groups in total. The molecule has 0 aliphatic carbocycles. The van der Waals surface area contributed by atoms with E-state index in [0.29, 0.717) is 6.54 Å². The minimum Gasteiger partial charge on any atom is -0.440 e. The molecular weight excluding hydrogens is 395 g/mol. The zero-order valence-electron chi connectivity index (χ0n) is 17.6. The zero-order valence-corrected chi connectivity index (χ0v) is 17.6. The number of hydrogen-bond donors (Lipinski definition) is 1. The molecule has 7 heteroatoms. The molecule has 5 rings (SSSR count). The van der Waals surface area contributed by atoms with E-state index in [1.165, 1.54) is 17.0 Å². The van der Waals surface area contributed by atoms with Crippen molar-refractivity contribution < 1.29 is 18.5 Å². The van der Waals surface area contributed by atoms with Gasteiger partial charge in [-0.2, -0.15) is 0 Å². The number of rotatable bonds is 4. The molecule has 3 heterocycles. The van der Waals surface area contributed by atoms with E-state index in [4.69, 9.17) is 4.42 Å². The van der Waals surface area contributed by atoms with Crippen molar-refractivity contribution in [1.29, 1.82) is 0 Å². The number of nitrogens with zero attached hydrogens (tertiary/aromatic N) is 3. The van der Waals surface area contributed by atoms with Crippen LogP contribution < -0.4 is 9.80 Å². The van der Waals surface area contributed by atoms with Gasteiger partial charge in [0.25, 0.3) is 5.91 Å². The monoisotopic (exact) mass is 423 g/mol. The van der Waals surface area contributed by atoms with Crippen molar-refractivity contribution in [2.45, 2.75) is 18.8 Å². The van der Waals surface area contributed by atoms with Crippen molar-refractivity contribution in [2.24, 2.45) is 0 Å². The van der Waals surface area contributed by atoms with Crippen LogP contribution in [0.1, 0.15) is 24.7 Å². The third-order valence-corrected chi connectivity index (χ3v) is 6.57. The summed E-state index contributed by atoms with van der Waals surface area (Å²) in [5.41, 5.74) is 2.78. The Morgan fingerprint density at radius 2 is 1.74 bits per heavy atom. The van der Waals surface area contributed by atoms with Crippen LogP contribution in [-0.2, 0) is 4.79 Å². The fourth-order valence-corrected chi connectivity index (χ4v) is 4.68. The van der Waals surface area contributed by atoms with Crippen molar-refractivity contribution in [3.63, 3.8) is 0 Å². The number of quaternary nitrogens is 1. The summed E-state index contributed by atoms with van der Waals surface area (Å²) in [5, 5.41) is 0. The van der Waals surface area contributed by atoms with E-state index < -0.39 is 0 Å². The van der Waals surface area contributed by atoms with E-state index in [0.717, 1.165) is 74.8 Å². The molecule has 2 saturated heterocycles. The smallest absolute Gasteiger partial charge is 0.277 e. The average molecular weight is 424 g/mol. The number of anilines is 1. The largest absolute Gasteiger partial charge is 0.440 e. The van der Waals surface area contributed by atoms with Crippen LogP contribution in [0.3, 0.4) is 0 Å². The van der Waals surface area contributed by atoms with E-state index in [-0.39, 0.29) is 17.6 Å². The molecule has 0 bridgehead atoms. The first-order valence-corrected chi connectivity index (χ1v) is 11.1. The van der Waals surface area contributed by atoms with Gasteiger partial charge in [-0.25, -0.2) is 9.37 Å². The molecule has 0 atom stereocenters. The first-order valence-electron chi connectivity index (χ1n) is 11.1. The molecule has 0 radical (unpaired) electrons. The van der Waals surface area contributed by atoms with Crippen LogP contribution in [0.5, 0.6) is 0 Å². The summed E-state index contributed by atoms with van der Waals surface area (Å²) in [7, 11) is 0. The number of likely N-dealkylation sites (tertiary alicyclic amines) is 1. The van der Waals surface area contributed by atoms with Crippen molar-refractivity contribution in [3.05, 3.63) is 60.2 Å². The second-order valence-corrected chi connectivity index (χ2v) is 8.57. The maximum atomic E-state index is 13.1. The summed E-state index contributed by atoms with van der Waals surface area (Å²) in [6.07, 6.45) is 1.79. The number of halogens is 1. The topological polar surface area (TPSA) is 54.0 Å². The minimum atomic E-state index is -0.210. The van der Waals surface area contributed by atoms with Gasteiger partial charge < -0.3 is 19.1 Å². The Bertz CT molecular complexity index is 1000. The van der Waals surface area contributed by atoms with Gasteiger partial charge in [-0.05, 0) is 49.2 Å². The van der Waals surface area contributed by atoms with Gasteiger partial charge >= 0.3 is 0 Å². The molecule has 31 heavy (non-hydrogen) atoms. The maximum Gasteiger partial charge on any atom is 0.277 e. The number of hydrogen-bond acceptors (Lipinski definition) is 4. The highest BCUT2D eigenvalue weighted by atomic mass is 19.1. The summed E-state index contributed by atoms with van der Waals surface area (Å²) < 4.78 is 19.1. The van der Waals surface area contributed by atoms with Gasteiger partial charge in [0.2, 0.25) is 0 Å². The van der Waals surface area contributed by atoms with Gasteiger partial charge in [0, 0.05) is 24.7 Å². The van der Waals surface area contributed by atoms with E-state index in [9.17, 15) is 9.18 Å². The molecule has 1 aromatic heterocycles. The Balaban J connectivity index is 1.10. The number of piperazine rings is 1. The van der Waals surface area contributed by atoms with E-state index >= 15 is 0 Å². The van der Waals surface area contributed by atoms with Gasteiger partial charge in [-0.3, -0.25) is 4.79 Å². The molecule has 3 aromatic rings. The molecule has 0 spiro atoms. The molecule has 1 amide bonds. The molecule has 162 valence electrons. The number of piperidine rings is 1. The molecule has 2 aliphatic heterocycles. The van der Waals surface area contributed by atoms with E-state index in [1.54, 1.807) is 0 Å². The Hall–Kier alpha value is -2.93. The number of benzene rings is 2. The summed E-state index contributed by atoms with van der Waals surface area (Å²) >= 11 is 0. The molecule has 2 aliphatic rings. The Kier molecular flexibility index (Phi) is 5.59. The SMILES string of the molecule is O=C(C[NH+]1CCN(c2ccc(F)cc2)CC1)N1CCC(c2nc3ccccc3o2)CC1. The lowest BCUT2D eigenvalue weighted by atomic mass is 9.96. The molecule has 2 aromatic carbocycles. The van der Waals surface area contributed by atoms with Crippen LogP contribution in [0.25, 0.3) is 11.1 Å². The highest BCUT2D eigenvalue weighted by molar-refractivity contribution is 5.77. The second-order valence-electron chi connectivity index (χ2n) is 8.57. The number of oxazole rings is 1. The molecule has 0 saturated carbocycles. The number of aromatic nitrogens is 1. The van der Waals surface area contributed by atoms with E-state index in [2.05, 4.69) is 9.88 Å². The fraction of sp³-hybridized carbons (Fsp3) is 0.417. The van der Waals surface area contributed by atoms with Crippen molar-refractivity contribution in [1.82, 2.24) is 9.88 Å². The van der Waals surface area contributed by atoms with Gasteiger partial charge in [0.1, 0.15) is 11.3 Å². The van der Waals surface area contributed by atoms with Crippen molar-refractivity contribution in [3.8, 4) is 0 Å². The van der Waals surface area contributed by atoms with Crippen LogP contribution in [0.15, 0.2) is 52.9 Å². The van der Waals surface area contributed by atoms with Gasteiger partial charge in [-0.1, -0.05) is 12.1 Å². The maximum absolute atomic E-state index is 13.1. The predicted octanol–water partition coefficient (Wildman–Crippen LogP) is 2.08. The molecule has 0 unspecified atom stereocenters. The lowest BCUT2D eigenvalue weighted by molar-refractivity contribution is -0.892. The Morgan fingerprint density at radius 1 is 1.03 bits per heavy atom. The number of nitrogens with one attached hydrogen (secondary N) is 1. The fourth-order valence-electron chi connectivity index (χ4n) is 4.68. The lowest BCUT2D eigenvalue weighted by Crippen LogP contribution is -3.16.